The number of nitrogens with one attached hydrogen (secondary N) is 3. The van der Waals surface area contributed by atoms with Gasteiger partial charge in [0.05, 0.1) is 0 Å². The van der Waals surface area contributed by atoms with Crippen molar-refractivity contribution < 1.29 is 4.79 Å². The average Bonchev–Trinajstić information content (AvgIpc) is 2.53. The molecule has 1 atom stereocenters. The number of hydrogen-bond acceptors (Lipinski definition) is 3. The number of carbonyl (C=O) groups is 1. The van der Waals surface area contributed by atoms with E-state index in [2.05, 4.69) is 15.6 Å². The molecular weight excluding hydrogens is 302 g/mol. The van der Waals surface area contributed by atoms with Crippen molar-refractivity contribution in [3.05, 3.63) is 46.4 Å². The molecule has 0 bridgehead atoms. The van der Waals surface area contributed by atoms with Crippen LogP contribution in [0.2, 0.25) is 0 Å². The van der Waals surface area contributed by atoms with Crippen LogP contribution in [0.25, 0.3) is 10.8 Å². The fraction of sp³-hybridized carbons (Fsp3) is 0.375. The summed E-state index contributed by atoms with van der Waals surface area (Å²) in [6, 6.07) is 8.99. The Balaban J connectivity index is 0.00000176. The normalized spacial score (nSPS) is 17.7. The Hall–Kier alpha value is -1.85. The minimum Gasteiger partial charge on any atom is -0.350 e. The minimum absolute atomic E-state index is 0. The van der Waals surface area contributed by atoms with Crippen LogP contribution in [0.3, 0.4) is 0 Å². The number of carbonyl (C=O) groups excluding carboxylic acids is 1. The second-order valence-corrected chi connectivity index (χ2v) is 5.52. The van der Waals surface area contributed by atoms with E-state index in [1.807, 2.05) is 18.2 Å². The molecule has 6 heteroatoms. The summed E-state index contributed by atoms with van der Waals surface area (Å²) in [4.78, 5) is 26.8. The van der Waals surface area contributed by atoms with Crippen molar-refractivity contribution in [1.29, 1.82) is 0 Å². The maximum Gasteiger partial charge on any atom is 0.267 e. The van der Waals surface area contributed by atoms with Gasteiger partial charge >= 0.3 is 0 Å². The van der Waals surface area contributed by atoms with Crippen LogP contribution >= 0.6 is 12.4 Å². The molecule has 1 fully saturated rings. The highest BCUT2D eigenvalue weighted by atomic mass is 35.5. The molecule has 2 aromatic rings. The zero-order chi connectivity index (χ0) is 14.7. The number of pyridine rings is 1. The summed E-state index contributed by atoms with van der Waals surface area (Å²) in [7, 11) is 0. The molecular formula is C16H20ClN3O2. The summed E-state index contributed by atoms with van der Waals surface area (Å²) in [5.41, 5.74) is 0.0973. The number of amides is 1. The number of hydrogen-bond donors (Lipinski definition) is 3. The fourth-order valence-corrected chi connectivity index (χ4v) is 2.76. The molecule has 1 unspecified atom stereocenters. The molecule has 0 radical (unpaired) electrons. The van der Waals surface area contributed by atoms with Gasteiger partial charge in [0.2, 0.25) is 0 Å². The van der Waals surface area contributed by atoms with E-state index in [0.29, 0.717) is 23.5 Å². The number of aromatic amines is 1. The second-order valence-electron chi connectivity index (χ2n) is 5.52. The van der Waals surface area contributed by atoms with E-state index in [1.54, 1.807) is 12.1 Å². The molecule has 1 aliphatic heterocycles. The smallest absolute Gasteiger partial charge is 0.267 e. The second kappa shape index (κ2) is 7.42. The molecule has 0 spiro atoms. The Morgan fingerprint density at radius 1 is 1.32 bits per heavy atom. The van der Waals surface area contributed by atoms with Gasteiger partial charge in [-0.3, -0.25) is 9.59 Å². The predicted octanol–water partition coefficient (Wildman–Crippen LogP) is 1.68. The van der Waals surface area contributed by atoms with Crippen LogP contribution in [-0.2, 0) is 0 Å². The predicted molar refractivity (Wildman–Crippen MR) is 89.7 cm³/mol. The standard InChI is InChI=1S/C16H19N3O2.ClH/c20-15-13-6-2-1-5-12(13)8-14(19-15)16(21)18-10-11-4-3-7-17-9-11;/h1-2,5-6,8,11,17H,3-4,7,9-10H2,(H,18,21)(H,19,20);1H. The maximum absolute atomic E-state index is 12.2. The minimum atomic E-state index is -0.224. The van der Waals surface area contributed by atoms with E-state index in [0.717, 1.165) is 31.3 Å². The van der Waals surface area contributed by atoms with Crippen molar-refractivity contribution in [2.45, 2.75) is 12.8 Å². The first kappa shape index (κ1) is 16.5. The van der Waals surface area contributed by atoms with Crippen LogP contribution in [-0.4, -0.2) is 30.5 Å². The molecule has 118 valence electrons. The number of fused-ring (bicyclic) bond motifs is 1. The van der Waals surface area contributed by atoms with Gasteiger partial charge in [0.15, 0.2) is 0 Å². The molecule has 3 rings (SSSR count). The van der Waals surface area contributed by atoms with Crippen molar-refractivity contribution in [3.8, 4) is 0 Å². The summed E-state index contributed by atoms with van der Waals surface area (Å²) < 4.78 is 0. The maximum atomic E-state index is 12.2. The van der Waals surface area contributed by atoms with Crippen LogP contribution in [0.5, 0.6) is 0 Å². The van der Waals surface area contributed by atoms with Gasteiger partial charge in [0.25, 0.3) is 11.5 Å². The van der Waals surface area contributed by atoms with Gasteiger partial charge in [-0.1, -0.05) is 18.2 Å². The average molecular weight is 322 g/mol. The van der Waals surface area contributed by atoms with Crippen molar-refractivity contribution in [1.82, 2.24) is 15.6 Å². The zero-order valence-corrected chi connectivity index (χ0v) is 13.0. The molecule has 1 aromatic heterocycles. The highest BCUT2D eigenvalue weighted by molar-refractivity contribution is 5.96. The Kier molecular flexibility index (Phi) is 5.57. The van der Waals surface area contributed by atoms with Crippen molar-refractivity contribution in [3.63, 3.8) is 0 Å². The number of benzene rings is 1. The third-order valence-corrected chi connectivity index (χ3v) is 3.95. The van der Waals surface area contributed by atoms with Gasteiger partial charge in [-0.25, -0.2) is 0 Å². The number of H-pyrrole nitrogens is 1. The monoisotopic (exact) mass is 321 g/mol. The van der Waals surface area contributed by atoms with E-state index in [4.69, 9.17) is 0 Å². The van der Waals surface area contributed by atoms with E-state index >= 15 is 0 Å². The Morgan fingerprint density at radius 3 is 2.91 bits per heavy atom. The lowest BCUT2D eigenvalue weighted by molar-refractivity contribution is 0.0940. The Labute approximate surface area is 134 Å². The topological polar surface area (TPSA) is 74.0 Å². The van der Waals surface area contributed by atoms with E-state index in [-0.39, 0.29) is 23.9 Å². The van der Waals surface area contributed by atoms with Gasteiger partial charge in [-0.05, 0) is 49.4 Å². The van der Waals surface area contributed by atoms with Crippen LogP contribution in [0.15, 0.2) is 35.1 Å². The Morgan fingerprint density at radius 2 is 2.14 bits per heavy atom. The van der Waals surface area contributed by atoms with Gasteiger partial charge < -0.3 is 15.6 Å². The third-order valence-electron chi connectivity index (χ3n) is 3.95. The molecule has 0 saturated carbocycles. The highest BCUT2D eigenvalue weighted by Gasteiger charge is 2.15. The summed E-state index contributed by atoms with van der Waals surface area (Å²) >= 11 is 0. The first-order valence-electron chi connectivity index (χ1n) is 7.35. The SMILES string of the molecule is Cl.O=C(NCC1CCCNC1)c1cc2ccccc2c(=O)[nH]1. The molecule has 1 aromatic carbocycles. The van der Waals surface area contributed by atoms with Gasteiger partial charge in [0.1, 0.15) is 5.69 Å². The molecule has 3 N–H and O–H groups in total. The molecule has 1 aliphatic rings. The molecule has 1 amide bonds. The number of halogens is 1. The van der Waals surface area contributed by atoms with Crippen LogP contribution in [0, 0.1) is 5.92 Å². The van der Waals surface area contributed by atoms with E-state index in [9.17, 15) is 9.59 Å². The van der Waals surface area contributed by atoms with Gasteiger partial charge in [-0.15, -0.1) is 12.4 Å². The summed E-state index contributed by atoms with van der Waals surface area (Å²) in [5.74, 6) is 0.248. The number of aromatic nitrogens is 1. The molecule has 5 nitrogen and oxygen atoms in total. The lowest BCUT2D eigenvalue weighted by Crippen LogP contribution is -2.38. The van der Waals surface area contributed by atoms with E-state index < -0.39 is 0 Å². The lowest BCUT2D eigenvalue weighted by atomic mass is 10.00. The van der Waals surface area contributed by atoms with Gasteiger partial charge in [-0.2, -0.15) is 0 Å². The third kappa shape index (κ3) is 3.67. The highest BCUT2D eigenvalue weighted by Crippen LogP contribution is 2.11. The van der Waals surface area contributed by atoms with Crippen LogP contribution in [0.1, 0.15) is 23.3 Å². The summed E-state index contributed by atoms with van der Waals surface area (Å²) in [6.07, 6.45) is 2.27. The Bertz CT molecular complexity index is 708. The quantitative estimate of drug-likeness (QED) is 0.805. The van der Waals surface area contributed by atoms with Crippen molar-refractivity contribution >= 4 is 29.1 Å². The molecule has 0 aliphatic carbocycles. The van der Waals surface area contributed by atoms with Crippen molar-refractivity contribution in [2.75, 3.05) is 19.6 Å². The summed E-state index contributed by atoms with van der Waals surface area (Å²) in [5, 5.41) is 7.62. The molecule has 2 heterocycles. The van der Waals surface area contributed by atoms with E-state index in [1.165, 1.54) is 0 Å². The van der Waals surface area contributed by atoms with Crippen LogP contribution in [0.4, 0.5) is 0 Å². The number of piperidine rings is 1. The summed E-state index contributed by atoms with van der Waals surface area (Å²) in [6.45, 7) is 2.64. The largest absolute Gasteiger partial charge is 0.350 e. The fourth-order valence-electron chi connectivity index (χ4n) is 2.76. The molecule has 1 saturated heterocycles. The van der Waals surface area contributed by atoms with Crippen molar-refractivity contribution in [2.24, 2.45) is 5.92 Å². The van der Waals surface area contributed by atoms with Crippen LogP contribution < -0.4 is 16.2 Å². The first-order chi connectivity index (χ1) is 10.2. The zero-order valence-electron chi connectivity index (χ0n) is 12.2. The number of rotatable bonds is 3. The lowest BCUT2D eigenvalue weighted by Gasteiger charge is -2.22. The molecule has 22 heavy (non-hydrogen) atoms. The van der Waals surface area contributed by atoms with Gasteiger partial charge in [0, 0.05) is 11.9 Å². The first-order valence-corrected chi connectivity index (χ1v) is 7.35.